The minimum atomic E-state index is -0.781. The molecule has 0 radical (unpaired) electrons. The maximum absolute atomic E-state index is 12.7. The summed E-state index contributed by atoms with van der Waals surface area (Å²) in [7, 11) is 1.62. The molecule has 0 unspecified atom stereocenters. The first-order valence-corrected chi connectivity index (χ1v) is 8.58. The number of likely N-dealkylation sites (tertiary alicyclic amines) is 1. The van der Waals surface area contributed by atoms with Crippen LogP contribution in [0.4, 0.5) is 0 Å². The average molecular weight is 332 g/mol. The Balaban J connectivity index is 2.10. The van der Waals surface area contributed by atoms with Crippen molar-refractivity contribution in [3.63, 3.8) is 0 Å². The molecule has 5 nitrogen and oxygen atoms in total. The Hall–Kier alpha value is -2.04. The Bertz CT molecular complexity index is 600. The van der Waals surface area contributed by atoms with Crippen LogP contribution in [0.5, 0.6) is 5.75 Å². The van der Waals surface area contributed by atoms with Gasteiger partial charge in [-0.1, -0.05) is 26.0 Å². The molecule has 5 heteroatoms. The van der Waals surface area contributed by atoms with Crippen LogP contribution in [-0.2, 0) is 16.1 Å². The molecular formula is C19H28N2O3. The van der Waals surface area contributed by atoms with E-state index in [2.05, 4.69) is 19.2 Å². The lowest BCUT2D eigenvalue weighted by atomic mass is 9.96. The van der Waals surface area contributed by atoms with Gasteiger partial charge in [-0.3, -0.25) is 9.59 Å². The molecule has 1 heterocycles. The van der Waals surface area contributed by atoms with Crippen molar-refractivity contribution < 1.29 is 14.3 Å². The number of hydrogen-bond acceptors (Lipinski definition) is 3. The standard InChI is InChI=1S/C19H28N2O3/c1-14(2)9-11-20-18(23)19(3)10-8-17(22)21(19)13-15-6-5-7-16(12-15)24-4/h5-7,12,14H,8-11,13H2,1-4H3,(H,20,23)/t19-/m0/s1. The Morgan fingerprint density at radius 3 is 2.83 bits per heavy atom. The van der Waals surface area contributed by atoms with Crippen molar-refractivity contribution >= 4 is 11.8 Å². The lowest BCUT2D eigenvalue weighted by molar-refractivity contribution is -0.141. The van der Waals surface area contributed by atoms with E-state index in [0.29, 0.717) is 31.8 Å². The number of methoxy groups -OCH3 is 1. The predicted octanol–water partition coefficient (Wildman–Crippen LogP) is 2.74. The van der Waals surface area contributed by atoms with Gasteiger partial charge in [0.1, 0.15) is 11.3 Å². The first-order chi connectivity index (χ1) is 11.4. The van der Waals surface area contributed by atoms with Gasteiger partial charge >= 0.3 is 0 Å². The summed E-state index contributed by atoms with van der Waals surface area (Å²) in [5.41, 5.74) is 0.183. The average Bonchev–Trinajstić information content (AvgIpc) is 2.84. The first kappa shape index (κ1) is 18.3. The molecule has 24 heavy (non-hydrogen) atoms. The normalized spacial score (nSPS) is 20.5. The van der Waals surface area contributed by atoms with E-state index in [0.717, 1.165) is 17.7 Å². The van der Waals surface area contributed by atoms with Crippen LogP contribution in [0.2, 0.25) is 0 Å². The molecule has 132 valence electrons. The van der Waals surface area contributed by atoms with Crippen molar-refractivity contribution in [1.82, 2.24) is 10.2 Å². The second kappa shape index (κ2) is 7.69. The lowest BCUT2D eigenvalue weighted by Gasteiger charge is -2.34. The Kier molecular flexibility index (Phi) is 5.86. The van der Waals surface area contributed by atoms with E-state index in [9.17, 15) is 9.59 Å². The van der Waals surface area contributed by atoms with Gasteiger partial charge in [0.15, 0.2) is 0 Å². The summed E-state index contributed by atoms with van der Waals surface area (Å²) in [6.45, 7) is 7.18. The Morgan fingerprint density at radius 1 is 1.42 bits per heavy atom. The number of carbonyl (C=O) groups is 2. The summed E-state index contributed by atoms with van der Waals surface area (Å²) in [4.78, 5) is 26.7. The number of nitrogens with zero attached hydrogens (tertiary/aromatic N) is 1. The third kappa shape index (κ3) is 4.08. The van der Waals surface area contributed by atoms with E-state index in [1.165, 1.54) is 0 Å². The van der Waals surface area contributed by atoms with Gasteiger partial charge in [0.2, 0.25) is 11.8 Å². The largest absolute Gasteiger partial charge is 0.497 e. The van der Waals surface area contributed by atoms with Crippen molar-refractivity contribution in [2.75, 3.05) is 13.7 Å². The van der Waals surface area contributed by atoms with Crippen LogP contribution >= 0.6 is 0 Å². The van der Waals surface area contributed by atoms with Crippen LogP contribution in [0.1, 0.15) is 45.6 Å². The Morgan fingerprint density at radius 2 is 2.17 bits per heavy atom. The summed E-state index contributed by atoms with van der Waals surface area (Å²) in [5, 5.41) is 3.00. The van der Waals surface area contributed by atoms with Gasteiger partial charge in [-0.2, -0.15) is 0 Å². The number of ether oxygens (including phenoxy) is 1. The highest BCUT2D eigenvalue weighted by atomic mass is 16.5. The highest BCUT2D eigenvalue weighted by molar-refractivity contribution is 5.94. The zero-order valence-corrected chi connectivity index (χ0v) is 15.1. The predicted molar refractivity (Wildman–Crippen MR) is 93.6 cm³/mol. The van der Waals surface area contributed by atoms with Crippen LogP contribution in [-0.4, -0.2) is 35.9 Å². The van der Waals surface area contributed by atoms with Gasteiger partial charge in [-0.25, -0.2) is 0 Å². The highest BCUT2D eigenvalue weighted by Gasteiger charge is 2.46. The van der Waals surface area contributed by atoms with E-state index in [-0.39, 0.29) is 11.8 Å². The zero-order chi connectivity index (χ0) is 17.7. The molecule has 1 saturated heterocycles. The molecule has 2 amide bonds. The van der Waals surface area contributed by atoms with Crippen molar-refractivity contribution in [2.45, 2.75) is 52.1 Å². The maximum Gasteiger partial charge on any atom is 0.245 e. The molecule has 0 aliphatic carbocycles. The molecule has 1 aliphatic heterocycles. The summed E-state index contributed by atoms with van der Waals surface area (Å²) in [5.74, 6) is 1.26. The topological polar surface area (TPSA) is 58.6 Å². The summed E-state index contributed by atoms with van der Waals surface area (Å²) in [6.07, 6.45) is 1.91. The smallest absolute Gasteiger partial charge is 0.245 e. The van der Waals surface area contributed by atoms with Crippen LogP contribution in [0.3, 0.4) is 0 Å². The summed E-state index contributed by atoms with van der Waals surface area (Å²) < 4.78 is 5.24. The van der Waals surface area contributed by atoms with Crippen molar-refractivity contribution in [2.24, 2.45) is 5.92 Å². The zero-order valence-electron chi connectivity index (χ0n) is 15.1. The quantitative estimate of drug-likeness (QED) is 0.835. The molecule has 0 saturated carbocycles. The van der Waals surface area contributed by atoms with Crippen molar-refractivity contribution in [3.05, 3.63) is 29.8 Å². The molecule has 0 bridgehead atoms. The second-order valence-electron chi connectivity index (χ2n) is 7.04. The maximum atomic E-state index is 12.7. The monoisotopic (exact) mass is 332 g/mol. The van der Waals surface area contributed by atoms with Crippen LogP contribution in [0, 0.1) is 5.92 Å². The van der Waals surface area contributed by atoms with Gasteiger partial charge in [0, 0.05) is 19.5 Å². The fraction of sp³-hybridized carbons (Fsp3) is 0.579. The van der Waals surface area contributed by atoms with Gasteiger partial charge in [-0.05, 0) is 43.4 Å². The molecule has 0 spiro atoms. The van der Waals surface area contributed by atoms with Crippen LogP contribution in [0.25, 0.3) is 0 Å². The minimum Gasteiger partial charge on any atom is -0.497 e. The lowest BCUT2D eigenvalue weighted by Crippen LogP contribution is -2.54. The molecule has 1 aromatic carbocycles. The van der Waals surface area contributed by atoms with Gasteiger partial charge < -0.3 is 15.0 Å². The number of amides is 2. The van der Waals surface area contributed by atoms with Crippen molar-refractivity contribution in [3.8, 4) is 5.75 Å². The van der Waals surface area contributed by atoms with E-state index >= 15 is 0 Å². The molecule has 2 rings (SSSR count). The molecule has 0 aromatic heterocycles. The third-order valence-electron chi connectivity index (χ3n) is 4.69. The molecule has 1 N–H and O–H groups in total. The van der Waals surface area contributed by atoms with Gasteiger partial charge in [0.05, 0.1) is 7.11 Å². The SMILES string of the molecule is COc1cccc(CN2C(=O)CC[C@@]2(C)C(=O)NCCC(C)C)c1. The first-order valence-electron chi connectivity index (χ1n) is 8.58. The van der Waals surface area contributed by atoms with Crippen molar-refractivity contribution in [1.29, 1.82) is 0 Å². The van der Waals surface area contributed by atoms with E-state index in [1.54, 1.807) is 12.0 Å². The number of hydrogen-bond donors (Lipinski definition) is 1. The fourth-order valence-electron chi connectivity index (χ4n) is 3.01. The van der Waals surface area contributed by atoms with E-state index in [1.807, 2.05) is 31.2 Å². The van der Waals surface area contributed by atoms with Crippen LogP contribution in [0.15, 0.2) is 24.3 Å². The van der Waals surface area contributed by atoms with Gasteiger partial charge in [0.25, 0.3) is 0 Å². The number of benzene rings is 1. The summed E-state index contributed by atoms with van der Waals surface area (Å²) in [6, 6.07) is 7.62. The highest BCUT2D eigenvalue weighted by Crippen LogP contribution is 2.32. The molecule has 1 aliphatic rings. The van der Waals surface area contributed by atoms with E-state index in [4.69, 9.17) is 4.74 Å². The second-order valence-corrected chi connectivity index (χ2v) is 7.04. The minimum absolute atomic E-state index is 0.0272. The summed E-state index contributed by atoms with van der Waals surface area (Å²) >= 11 is 0. The third-order valence-corrected chi connectivity index (χ3v) is 4.69. The fourth-order valence-corrected chi connectivity index (χ4v) is 3.01. The van der Waals surface area contributed by atoms with Gasteiger partial charge in [-0.15, -0.1) is 0 Å². The molecular weight excluding hydrogens is 304 g/mol. The molecule has 1 fully saturated rings. The van der Waals surface area contributed by atoms with Crippen LogP contribution < -0.4 is 10.1 Å². The molecule has 1 aromatic rings. The molecule has 1 atom stereocenters. The number of carbonyl (C=O) groups excluding carboxylic acids is 2. The Labute approximate surface area is 144 Å². The number of nitrogens with one attached hydrogen (secondary N) is 1. The number of rotatable bonds is 7. The van der Waals surface area contributed by atoms with E-state index < -0.39 is 5.54 Å².